The molecule has 0 unspecified atom stereocenters. The smallest absolute Gasteiger partial charge is 0.218 e. The fourth-order valence-corrected chi connectivity index (χ4v) is 7.23. The van der Waals surface area contributed by atoms with Crippen molar-refractivity contribution in [3.8, 4) is 0 Å². The van der Waals surface area contributed by atoms with E-state index in [0.29, 0.717) is 6.54 Å². The van der Waals surface area contributed by atoms with Crippen molar-refractivity contribution in [3.05, 3.63) is 70.8 Å². The van der Waals surface area contributed by atoms with Gasteiger partial charge < -0.3 is 16.2 Å². The fraction of sp³-hybridized carbons (Fsp3) is 0.567. The van der Waals surface area contributed by atoms with E-state index in [9.17, 15) is 27.1 Å². The third-order valence-corrected chi connectivity index (χ3v) is 9.10. The number of aliphatic hydroxyl groups excluding tert-OH is 1. The minimum atomic E-state index is -3.98. The highest BCUT2D eigenvalue weighted by atomic mass is 32.2. The molecule has 0 aliphatic carbocycles. The van der Waals surface area contributed by atoms with Gasteiger partial charge in [0.05, 0.1) is 17.9 Å². The summed E-state index contributed by atoms with van der Waals surface area (Å²) in [4.78, 5) is 11.7. The Hall–Kier alpha value is -2.40. The molecule has 0 saturated heterocycles. The van der Waals surface area contributed by atoms with E-state index in [1.807, 2.05) is 32.0 Å². The van der Waals surface area contributed by atoms with E-state index in [1.165, 1.54) is 5.56 Å². The van der Waals surface area contributed by atoms with Crippen molar-refractivity contribution >= 4 is 15.9 Å². The number of carbonyl (C=O) groups excluding carboxylic acids is 1. The van der Waals surface area contributed by atoms with Crippen LogP contribution in [0.2, 0.25) is 0 Å². The summed E-state index contributed by atoms with van der Waals surface area (Å²) >= 11 is 0. The third-order valence-electron chi connectivity index (χ3n) is 7.04. The average Bonchev–Trinajstić information content (AvgIpc) is 2.87. The summed E-state index contributed by atoms with van der Waals surface area (Å²) in [5, 5.41) is 14.5. The highest BCUT2D eigenvalue weighted by Crippen LogP contribution is 2.24. The Labute approximate surface area is 238 Å². The zero-order chi connectivity index (χ0) is 29.7. The van der Waals surface area contributed by atoms with Gasteiger partial charge in [-0.2, -0.15) is 4.31 Å². The van der Waals surface area contributed by atoms with Crippen molar-refractivity contribution in [3.63, 3.8) is 0 Å². The van der Waals surface area contributed by atoms with Crippen molar-refractivity contribution in [2.24, 2.45) is 11.7 Å². The number of carbonyl (C=O) groups is 1. The first-order valence-corrected chi connectivity index (χ1v) is 15.8. The molecule has 10 heteroatoms. The van der Waals surface area contributed by atoms with Crippen molar-refractivity contribution in [1.82, 2.24) is 9.62 Å². The molecular weight excluding hydrogens is 536 g/mol. The predicted molar refractivity (Wildman–Crippen MR) is 155 cm³/mol. The number of nitrogens with zero attached hydrogens (tertiary/aromatic N) is 1. The average molecular weight is 582 g/mol. The molecule has 0 radical (unpaired) electrons. The van der Waals surface area contributed by atoms with Crippen LogP contribution in [0, 0.1) is 17.6 Å². The van der Waals surface area contributed by atoms with Gasteiger partial charge in [0.15, 0.2) is 0 Å². The molecule has 0 bridgehead atoms. The zero-order valence-corrected chi connectivity index (χ0v) is 24.7. The van der Waals surface area contributed by atoms with E-state index in [-0.39, 0.29) is 43.2 Å². The lowest BCUT2D eigenvalue weighted by Crippen LogP contribution is -2.53. The number of amides is 1. The Morgan fingerprint density at radius 1 is 1.00 bits per heavy atom. The Morgan fingerprint density at radius 2 is 1.62 bits per heavy atom. The van der Waals surface area contributed by atoms with Crippen LogP contribution in [0.25, 0.3) is 0 Å². The molecule has 0 fully saturated rings. The van der Waals surface area contributed by atoms with E-state index in [4.69, 9.17) is 5.73 Å². The first kappa shape index (κ1) is 33.8. The lowest BCUT2D eigenvalue weighted by Gasteiger charge is -2.35. The summed E-state index contributed by atoms with van der Waals surface area (Å²) in [5.74, 6) is -2.52. The lowest BCUT2D eigenvalue weighted by molar-refractivity contribution is -0.118. The second-order valence-corrected chi connectivity index (χ2v) is 12.4. The number of sulfonamides is 1. The molecule has 2 aromatic rings. The molecule has 0 aromatic heterocycles. The van der Waals surface area contributed by atoms with Gasteiger partial charge in [-0.1, -0.05) is 57.9 Å². The van der Waals surface area contributed by atoms with Crippen molar-refractivity contribution < 1.29 is 27.1 Å². The number of hydrogen-bond donors (Lipinski definition) is 3. The molecule has 1 amide bonds. The van der Waals surface area contributed by atoms with E-state index in [2.05, 4.69) is 18.3 Å². The van der Waals surface area contributed by atoms with E-state index in [1.54, 1.807) is 0 Å². The van der Waals surface area contributed by atoms with Crippen LogP contribution in [0.3, 0.4) is 0 Å². The van der Waals surface area contributed by atoms with Crippen LogP contribution in [-0.2, 0) is 34.2 Å². The number of aryl methyl sites for hydroxylation is 1. The van der Waals surface area contributed by atoms with Gasteiger partial charge in [0.2, 0.25) is 15.9 Å². The number of hydrogen-bond acceptors (Lipinski definition) is 5. The number of primary amides is 1. The van der Waals surface area contributed by atoms with Gasteiger partial charge in [-0.3, -0.25) is 4.79 Å². The Balaban J connectivity index is 2.39. The van der Waals surface area contributed by atoms with Crippen LogP contribution >= 0.6 is 0 Å². The quantitative estimate of drug-likeness (QED) is 0.229. The number of halogens is 2. The second-order valence-electron chi connectivity index (χ2n) is 10.5. The molecule has 2 atom stereocenters. The molecule has 0 spiro atoms. The third kappa shape index (κ3) is 11.2. The fourth-order valence-electron chi connectivity index (χ4n) is 5.11. The Kier molecular flexibility index (Phi) is 14.2. The molecule has 0 saturated carbocycles. The minimum absolute atomic E-state index is 0.0226. The number of benzene rings is 2. The van der Waals surface area contributed by atoms with Crippen molar-refractivity contribution in [1.29, 1.82) is 0 Å². The lowest BCUT2D eigenvalue weighted by atomic mass is 10.00. The van der Waals surface area contributed by atoms with Gasteiger partial charge >= 0.3 is 0 Å². The van der Waals surface area contributed by atoms with Crippen molar-refractivity contribution in [2.75, 3.05) is 18.8 Å². The Bertz CT molecular complexity index is 1150. The van der Waals surface area contributed by atoms with E-state index in [0.717, 1.165) is 60.2 Å². The van der Waals surface area contributed by atoms with Crippen LogP contribution in [-0.4, -0.2) is 54.7 Å². The van der Waals surface area contributed by atoms with Crippen LogP contribution in [0.1, 0.15) is 69.6 Å². The highest BCUT2D eigenvalue weighted by Gasteiger charge is 2.36. The zero-order valence-electron chi connectivity index (χ0n) is 23.9. The predicted octanol–water partition coefficient (Wildman–Crippen LogP) is 4.31. The second kappa shape index (κ2) is 16.8. The maximum atomic E-state index is 14.1. The largest absolute Gasteiger partial charge is 0.390 e. The number of nitrogens with two attached hydrogens (primary N) is 1. The molecule has 7 nitrogen and oxygen atoms in total. The van der Waals surface area contributed by atoms with Gasteiger partial charge in [0.25, 0.3) is 0 Å². The summed E-state index contributed by atoms with van der Waals surface area (Å²) < 4.78 is 56.9. The van der Waals surface area contributed by atoms with Gasteiger partial charge in [0.1, 0.15) is 11.6 Å². The highest BCUT2D eigenvalue weighted by molar-refractivity contribution is 7.89. The van der Waals surface area contributed by atoms with Gasteiger partial charge in [-0.15, -0.1) is 0 Å². The van der Waals surface area contributed by atoms with Gasteiger partial charge in [0, 0.05) is 32.1 Å². The van der Waals surface area contributed by atoms with Gasteiger partial charge in [-0.25, -0.2) is 17.2 Å². The summed E-state index contributed by atoms with van der Waals surface area (Å²) in [5.41, 5.74) is 7.77. The molecule has 4 N–H and O–H groups in total. The number of rotatable bonds is 19. The monoisotopic (exact) mass is 581 g/mol. The molecule has 2 rings (SSSR count). The maximum absolute atomic E-state index is 14.1. The van der Waals surface area contributed by atoms with Crippen molar-refractivity contribution in [2.45, 2.75) is 84.4 Å². The molecule has 0 aliphatic heterocycles. The number of nitrogens with one attached hydrogen (secondary N) is 1. The maximum Gasteiger partial charge on any atom is 0.218 e. The topological polar surface area (TPSA) is 113 Å². The standard InChI is InChI=1S/C30H45F2N3O4S/c1-4-8-23(9-5-2)21-40(38,39)35(13-12-30(33)37)28(17-25-15-26(31)18-27(32)16-25)29(36)20-34-19-24-11-7-10-22(6-3)14-24/h7,10-11,14-16,18,23,28-29,34,36H,4-6,8-9,12-13,17,19-21H2,1-3H3,(H2,33,37)/t28-,29+/m0/s1. The molecule has 40 heavy (non-hydrogen) atoms. The van der Waals surface area contributed by atoms with Crippen LogP contribution in [0.5, 0.6) is 0 Å². The summed E-state index contributed by atoms with van der Waals surface area (Å²) in [6.45, 7) is 6.27. The summed E-state index contributed by atoms with van der Waals surface area (Å²) in [7, 11) is -3.98. The SMILES string of the molecule is CCCC(CCC)CS(=O)(=O)N(CCC(N)=O)[C@@H](Cc1cc(F)cc(F)c1)[C@H](O)CNCc1cccc(CC)c1. The van der Waals surface area contributed by atoms with E-state index >= 15 is 0 Å². The molecule has 0 heterocycles. The molecule has 224 valence electrons. The normalized spacial score (nSPS) is 13.6. The van der Waals surface area contributed by atoms with Crippen LogP contribution < -0.4 is 11.1 Å². The summed E-state index contributed by atoms with van der Waals surface area (Å²) in [6.07, 6.45) is 2.33. The van der Waals surface area contributed by atoms with Crippen LogP contribution in [0.15, 0.2) is 42.5 Å². The molecule has 2 aromatic carbocycles. The first-order chi connectivity index (χ1) is 19.0. The Morgan fingerprint density at radius 3 is 2.20 bits per heavy atom. The van der Waals surface area contributed by atoms with Gasteiger partial charge in [-0.05, 0) is 60.4 Å². The molecular formula is C30H45F2N3O4S. The molecule has 0 aliphatic rings. The van der Waals surface area contributed by atoms with E-state index < -0.39 is 39.7 Å². The van der Waals surface area contributed by atoms with Crippen LogP contribution in [0.4, 0.5) is 8.78 Å². The summed E-state index contributed by atoms with van der Waals surface area (Å²) in [6, 6.07) is 9.90. The number of aliphatic hydroxyl groups is 1. The first-order valence-electron chi connectivity index (χ1n) is 14.2. The minimum Gasteiger partial charge on any atom is -0.390 e.